The minimum Gasteiger partial charge on any atom is -0.507 e. The summed E-state index contributed by atoms with van der Waals surface area (Å²) in [5.41, 5.74) is 0.593. The molecule has 4 rings (SSSR count). The topological polar surface area (TPSA) is 81.1 Å². The molecular weight excluding hydrogens is 363 g/mol. The summed E-state index contributed by atoms with van der Waals surface area (Å²) in [5.74, 6) is -1.42. The summed E-state index contributed by atoms with van der Waals surface area (Å²) < 4.78 is 13.8. The fraction of sp³-hybridized carbons (Fsp3) is 0.333. The second kappa shape index (κ2) is 6.82. The Bertz CT molecular complexity index is 928. The fourth-order valence-corrected chi connectivity index (χ4v) is 4.56. The molecule has 0 spiro atoms. The molecule has 2 N–H and O–H groups in total. The molecule has 2 saturated heterocycles. The Kier molecular flexibility index (Phi) is 4.45. The van der Waals surface area contributed by atoms with Crippen LogP contribution < -0.4 is 0 Å². The van der Waals surface area contributed by atoms with Crippen molar-refractivity contribution in [1.29, 1.82) is 0 Å². The molecule has 0 radical (unpaired) electrons. The second-order valence-corrected chi connectivity index (χ2v) is 7.48. The zero-order chi connectivity index (χ0) is 20.0. The molecule has 2 amide bonds. The SMILES string of the molecule is CC(=O)N1C[C@H]2CN(C(=O)c3c(O)cccc3O)C[C@H]2[C@@H]1c1cccc(F)c1. The zero-order valence-electron chi connectivity index (χ0n) is 15.4. The van der Waals surface area contributed by atoms with Crippen molar-refractivity contribution in [3.63, 3.8) is 0 Å². The maximum absolute atomic E-state index is 13.8. The van der Waals surface area contributed by atoms with Gasteiger partial charge in [0.15, 0.2) is 0 Å². The largest absolute Gasteiger partial charge is 0.507 e. The van der Waals surface area contributed by atoms with Crippen LogP contribution in [0.5, 0.6) is 11.5 Å². The zero-order valence-corrected chi connectivity index (χ0v) is 15.4. The van der Waals surface area contributed by atoms with E-state index in [0.29, 0.717) is 25.2 Å². The number of rotatable bonds is 2. The monoisotopic (exact) mass is 384 g/mol. The van der Waals surface area contributed by atoms with E-state index in [2.05, 4.69) is 0 Å². The van der Waals surface area contributed by atoms with Crippen molar-refractivity contribution in [2.24, 2.45) is 11.8 Å². The third-order valence-electron chi connectivity index (χ3n) is 5.78. The van der Waals surface area contributed by atoms with Crippen molar-refractivity contribution in [3.8, 4) is 11.5 Å². The number of phenols is 2. The molecule has 146 valence electrons. The van der Waals surface area contributed by atoms with Crippen LogP contribution in [0.1, 0.15) is 28.9 Å². The van der Waals surface area contributed by atoms with Crippen LogP contribution in [-0.2, 0) is 4.79 Å². The first-order valence-electron chi connectivity index (χ1n) is 9.19. The quantitative estimate of drug-likeness (QED) is 0.834. The van der Waals surface area contributed by atoms with Crippen LogP contribution in [0.2, 0.25) is 0 Å². The van der Waals surface area contributed by atoms with E-state index in [1.807, 2.05) is 0 Å². The molecule has 2 heterocycles. The van der Waals surface area contributed by atoms with Gasteiger partial charge in [-0.05, 0) is 29.8 Å². The number of halogens is 1. The third-order valence-corrected chi connectivity index (χ3v) is 5.78. The number of amides is 2. The first kappa shape index (κ1) is 18.3. The number of phenolic OH excluding ortho intramolecular Hbond substituents is 2. The summed E-state index contributed by atoms with van der Waals surface area (Å²) in [6, 6.07) is 10.1. The van der Waals surface area contributed by atoms with E-state index in [0.717, 1.165) is 0 Å². The van der Waals surface area contributed by atoms with Crippen molar-refractivity contribution in [2.45, 2.75) is 13.0 Å². The molecule has 2 aliphatic rings. The van der Waals surface area contributed by atoms with Crippen LogP contribution in [0.15, 0.2) is 42.5 Å². The van der Waals surface area contributed by atoms with Gasteiger partial charge in [0, 0.05) is 38.4 Å². The number of hydrogen-bond acceptors (Lipinski definition) is 4. The van der Waals surface area contributed by atoms with E-state index >= 15 is 0 Å². The highest BCUT2D eigenvalue weighted by Gasteiger charge is 2.49. The van der Waals surface area contributed by atoms with E-state index in [1.54, 1.807) is 21.9 Å². The van der Waals surface area contributed by atoms with Gasteiger partial charge < -0.3 is 20.0 Å². The molecule has 0 saturated carbocycles. The van der Waals surface area contributed by atoms with Crippen LogP contribution in [0, 0.1) is 17.7 Å². The normalized spacial score (nSPS) is 23.7. The molecular formula is C21H21FN2O4. The van der Waals surface area contributed by atoms with Gasteiger partial charge in [-0.1, -0.05) is 18.2 Å². The van der Waals surface area contributed by atoms with Crippen molar-refractivity contribution in [3.05, 3.63) is 59.4 Å². The molecule has 3 atom stereocenters. The number of carbonyl (C=O) groups excluding carboxylic acids is 2. The van der Waals surface area contributed by atoms with Crippen LogP contribution in [0.25, 0.3) is 0 Å². The molecule has 0 bridgehead atoms. The molecule has 7 heteroatoms. The molecule has 0 aliphatic carbocycles. The van der Waals surface area contributed by atoms with E-state index < -0.39 is 5.91 Å². The lowest BCUT2D eigenvalue weighted by atomic mass is 9.89. The summed E-state index contributed by atoms with van der Waals surface area (Å²) in [6.45, 7) is 2.75. The Morgan fingerprint density at radius 2 is 1.71 bits per heavy atom. The van der Waals surface area contributed by atoms with Gasteiger partial charge in [0.05, 0.1) is 6.04 Å². The van der Waals surface area contributed by atoms with Gasteiger partial charge in [-0.25, -0.2) is 4.39 Å². The lowest BCUT2D eigenvalue weighted by Crippen LogP contribution is -2.36. The Morgan fingerprint density at radius 1 is 1.04 bits per heavy atom. The Balaban J connectivity index is 1.63. The first-order chi connectivity index (χ1) is 13.4. The van der Waals surface area contributed by atoms with Gasteiger partial charge in [-0.15, -0.1) is 0 Å². The summed E-state index contributed by atoms with van der Waals surface area (Å²) in [7, 11) is 0. The highest BCUT2D eigenvalue weighted by atomic mass is 19.1. The third kappa shape index (κ3) is 2.96. The summed E-state index contributed by atoms with van der Waals surface area (Å²) >= 11 is 0. The van der Waals surface area contributed by atoms with E-state index in [1.165, 1.54) is 37.3 Å². The van der Waals surface area contributed by atoms with E-state index in [4.69, 9.17) is 0 Å². The Hall–Kier alpha value is -3.09. The minimum absolute atomic E-state index is 0.0392. The van der Waals surface area contributed by atoms with Crippen molar-refractivity contribution in [2.75, 3.05) is 19.6 Å². The molecule has 2 fully saturated rings. The molecule has 2 aromatic carbocycles. The van der Waals surface area contributed by atoms with Gasteiger partial charge in [0.2, 0.25) is 5.91 Å². The Labute approximate surface area is 161 Å². The molecule has 2 aromatic rings. The van der Waals surface area contributed by atoms with Gasteiger partial charge in [0.1, 0.15) is 22.9 Å². The molecule has 28 heavy (non-hydrogen) atoms. The van der Waals surface area contributed by atoms with Gasteiger partial charge in [-0.2, -0.15) is 0 Å². The summed E-state index contributed by atoms with van der Waals surface area (Å²) in [4.78, 5) is 28.4. The van der Waals surface area contributed by atoms with Crippen LogP contribution >= 0.6 is 0 Å². The number of aromatic hydroxyl groups is 2. The Morgan fingerprint density at radius 3 is 2.36 bits per heavy atom. The number of nitrogens with zero attached hydrogens (tertiary/aromatic N) is 2. The van der Waals surface area contributed by atoms with Crippen molar-refractivity contribution >= 4 is 11.8 Å². The van der Waals surface area contributed by atoms with Gasteiger partial charge in [0.25, 0.3) is 5.91 Å². The van der Waals surface area contributed by atoms with Gasteiger partial charge >= 0.3 is 0 Å². The molecule has 0 unspecified atom stereocenters. The first-order valence-corrected chi connectivity index (χ1v) is 9.19. The predicted molar refractivity (Wildman–Crippen MR) is 99.2 cm³/mol. The number of fused-ring (bicyclic) bond motifs is 1. The van der Waals surface area contributed by atoms with Crippen molar-refractivity contribution in [1.82, 2.24) is 9.80 Å². The van der Waals surface area contributed by atoms with Gasteiger partial charge in [-0.3, -0.25) is 9.59 Å². The second-order valence-electron chi connectivity index (χ2n) is 7.48. The maximum atomic E-state index is 13.8. The van der Waals surface area contributed by atoms with E-state index in [-0.39, 0.29) is 46.7 Å². The average molecular weight is 384 g/mol. The van der Waals surface area contributed by atoms with E-state index in [9.17, 15) is 24.2 Å². The van der Waals surface area contributed by atoms with Crippen LogP contribution in [0.3, 0.4) is 0 Å². The fourth-order valence-electron chi connectivity index (χ4n) is 4.56. The smallest absolute Gasteiger partial charge is 0.261 e. The lowest BCUT2D eigenvalue weighted by molar-refractivity contribution is -0.130. The summed E-state index contributed by atoms with van der Waals surface area (Å²) in [6.07, 6.45) is 0. The molecule has 2 aliphatic heterocycles. The lowest BCUT2D eigenvalue weighted by Gasteiger charge is -2.29. The van der Waals surface area contributed by atoms with Crippen molar-refractivity contribution < 1.29 is 24.2 Å². The standard InChI is InChI=1S/C21H21FN2O4/c1-12(25)24-10-14-9-23(21(28)19-17(26)6-3-7-18(19)27)11-16(14)20(24)13-4-2-5-15(22)8-13/h2-8,14,16,20,26-27H,9-11H2,1H3/t14-,16-,20+/m1/s1. The number of likely N-dealkylation sites (tertiary alicyclic amines) is 2. The summed E-state index contributed by atoms with van der Waals surface area (Å²) in [5, 5.41) is 20.0. The number of carbonyl (C=O) groups is 2. The minimum atomic E-state index is -0.447. The molecule has 6 nitrogen and oxygen atoms in total. The number of benzene rings is 2. The van der Waals surface area contributed by atoms with Crippen LogP contribution in [-0.4, -0.2) is 51.5 Å². The van der Waals surface area contributed by atoms with Crippen LogP contribution in [0.4, 0.5) is 4.39 Å². The highest BCUT2D eigenvalue weighted by molar-refractivity contribution is 5.99. The predicted octanol–water partition coefficient (Wildman–Crippen LogP) is 2.53. The number of hydrogen-bond donors (Lipinski definition) is 2. The average Bonchev–Trinajstić information content (AvgIpc) is 3.19. The molecule has 0 aromatic heterocycles. The maximum Gasteiger partial charge on any atom is 0.261 e. The highest BCUT2D eigenvalue weighted by Crippen LogP contribution is 2.45.